The van der Waals surface area contributed by atoms with Crippen molar-refractivity contribution in [2.24, 2.45) is 5.92 Å². The Labute approximate surface area is 115 Å². The Kier molecular flexibility index (Phi) is 4.28. The summed E-state index contributed by atoms with van der Waals surface area (Å²) in [6.07, 6.45) is 1.24. The second kappa shape index (κ2) is 5.94. The molecule has 1 atom stereocenters. The van der Waals surface area contributed by atoms with Gasteiger partial charge in [-0.05, 0) is 50.9 Å². The average Bonchev–Trinajstić information content (AvgIpc) is 2.87. The topological polar surface area (TPSA) is 65.1 Å². The fourth-order valence-corrected chi connectivity index (χ4v) is 2.52. The molecule has 0 saturated carbocycles. The van der Waals surface area contributed by atoms with E-state index in [1.165, 1.54) is 13.0 Å². The van der Waals surface area contributed by atoms with Gasteiger partial charge < -0.3 is 16.0 Å². The van der Waals surface area contributed by atoms with Crippen molar-refractivity contribution in [2.75, 3.05) is 30.7 Å². The van der Waals surface area contributed by atoms with Crippen LogP contribution in [0.5, 0.6) is 0 Å². The molecular formula is C15H22N4. The first kappa shape index (κ1) is 13.7. The summed E-state index contributed by atoms with van der Waals surface area (Å²) in [5.74, 6) is 0.686. The molecule has 1 aliphatic heterocycles. The van der Waals surface area contributed by atoms with E-state index < -0.39 is 0 Å². The summed E-state index contributed by atoms with van der Waals surface area (Å²) in [5.41, 5.74) is 7.78. The first-order chi connectivity index (χ1) is 9.10. The summed E-state index contributed by atoms with van der Waals surface area (Å²) in [6.45, 7) is 7.79. The molecule has 1 aromatic carbocycles. The number of likely N-dealkylation sites (tertiary alicyclic amines) is 1. The number of hydrogen-bond acceptors (Lipinski definition) is 4. The van der Waals surface area contributed by atoms with Gasteiger partial charge in [0.25, 0.3) is 0 Å². The average molecular weight is 258 g/mol. The Morgan fingerprint density at radius 1 is 1.53 bits per heavy atom. The summed E-state index contributed by atoms with van der Waals surface area (Å²) < 4.78 is 0. The van der Waals surface area contributed by atoms with Crippen molar-refractivity contribution in [3.8, 4) is 6.07 Å². The van der Waals surface area contributed by atoms with Crippen LogP contribution in [0.25, 0.3) is 0 Å². The second-order valence-electron chi connectivity index (χ2n) is 5.54. The third-order valence-electron chi connectivity index (χ3n) is 3.82. The lowest BCUT2D eigenvalue weighted by molar-refractivity contribution is 0.266. The fourth-order valence-electron chi connectivity index (χ4n) is 2.52. The summed E-state index contributed by atoms with van der Waals surface area (Å²) in [7, 11) is 0. The van der Waals surface area contributed by atoms with Crippen molar-refractivity contribution >= 4 is 11.4 Å². The molecule has 4 nitrogen and oxygen atoms in total. The number of nitriles is 1. The molecule has 0 spiro atoms. The van der Waals surface area contributed by atoms with Crippen LogP contribution in [0.2, 0.25) is 0 Å². The first-order valence-corrected chi connectivity index (χ1v) is 6.87. The molecular weight excluding hydrogens is 236 g/mol. The molecule has 0 aliphatic carbocycles. The third-order valence-corrected chi connectivity index (χ3v) is 3.82. The second-order valence-corrected chi connectivity index (χ2v) is 5.54. The van der Waals surface area contributed by atoms with Gasteiger partial charge in [-0.25, -0.2) is 0 Å². The van der Waals surface area contributed by atoms with E-state index in [-0.39, 0.29) is 0 Å². The van der Waals surface area contributed by atoms with Crippen LogP contribution < -0.4 is 11.1 Å². The van der Waals surface area contributed by atoms with E-state index in [1.807, 2.05) is 12.1 Å². The highest BCUT2D eigenvalue weighted by Gasteiger charge is 2.23. The van der Waals surface area contributed by atoms with Crippen molar-refractivity contribution in [3.05, 3.63) is 23.8 Å². The van der Waals surface area contributed by atoms with Gasteiger partial charge in [0.15, 0.2) is 0 Å². The van der Waals surface area contributed by atoms with Crippen LogP contribution in [-0.2, 0) is 0 Å². The predicted molar refractivity (Wildman–Crippen MR) is 78.9 cm³/mol. The molecule has 1 fully saturated rings. The zero-order valence-corrected chi connectivity index (χ0v) is 11.7. The molecule has 3 N–H and O–H groups in total. The summed E-state index contributed by atoms with van der Waals surface area (Å²) in [6, 6.07) is 8.29. The van der Waals surface area contributed by atoms with E-state index in [9.17, 15) is 0 Å². The number of nitrogens with two attached hydrogens (primary N) is 1. The van der Waals surface area contributed by atoms with Gasteiger partial charge in [0, 0.05) is 30.5 Å². The number of nitrogens with zero attached hydrogens (tertiary/aromatic N) is 2. The Hall–Kier alpha value is -1.73. The molecule has 4 heteroatoms. The quantitative estimate of drug-likeness (QED) is 0.813. The zero-order valence-electron chi connectivity index (χ0n) is 11.7. The highest BCUT2D eigenvalue weighted by atomic mass is 15.2. The summed E-state index contributed by atoms with van der Waals surface area (Å²) >= 11 is 0. The van der Waals surface area contributed by atoms with Crippen molar-refractivity contribution in [1.82, 2.24) is 4.90 Å². The van der Waals surface area contributed by atoms with E-state index in [1.54, 1.807) is 6.07 Å². The van der Waals surface area contributed by atoms with Gasteiger partial charge in [-0.3, -0.25) is 0 Å². The molecule has 0 aromatic heterocycles. The van der Waals surface area contributed by atoms with E-state index in [4.69, 9.17) is 11.0 Å². The van der Waals surface area contributed by atoms with Crippen LogP contribution in [0.1, 0.15) is 25.8 Å². The van der Waals surface area contributed by atoms with Gasteiger partial charge >= 0.3 is 0 Å². The number of nitrogen functional groups attached to an aromatic ring is 1. The molecule has 19 heavy (non-hydrogen) atoms. The maximum atomic E-state index is 8.95. The third kappa shape index (κ3) is 3.39. The van der Waals surface area contributed by atoms with Crippen LogP contribution in [0.15, 0.2) is 18.2 Å². The highest BCUT2D eigenvalue weighted by Crippen LogP contribution is 2.21. The Morgan fingerprint density at radius 2 is 2.32 bits per heavy atom. The molecule has 102 valence electrons. The smallest absolute Gasteiger partial charge is 0.101 e. The van der Waals surface area contributed by atoms with Crippen molar-refractivity contribution < 1.29 is 0 Å². The lowest BCUT2D eigenvalue weighted by Crippen LogP contribution is -2.29. The van der Waals surface area contributed by atoms with E-state index in [2.05, 4.69) is 30.1 Å². The van der Waals surface area contributed by atoms with Gasteiger partial charge in [-0.2, -0.15) is 5.26 Å². The fraction of sp³-hybridized carbons (Fsp3) is 0.533. The predicted octanol–water partition coefficient (Wildman–Crippen LogP) is 2.28. The molecule has 1 aliphatic rings. The number of hydrogen-bond donors (Lipinski definition) is 2. The molecule has 1 heterocycles. The van der Waals surface area contributed by atoms with Crippen molar-refractivity contribution in [3.63, 3.8) is 0 Å². The number of anilines is 2. The molecule has 0 radical (unpaired) electrons. The Morgan fingerprint density at radius 3 is 2.95 bits per heavy atom. The van der Waals surface area contributed by atoms with Crippen LogP contribution in [0, 0.1) is 17.2 Å². The van der Waals surface area contributed by atoms with Crippen LogP contribution in [-0.4, -0.2) is 30.6 Å². The monoisotopic (exact) mass is 258 g/mol. The Balaban J connectivity index is 1.88. The largest absolute Gasteiger partial charge is 0.398 e. The van der Waals surface area contributed by atoms with Crippen molar-refractivity contribution in [1.29, 1.82) is 5.26 Å². The Bertz CT molecular complexity index is 476. The summed E-state index contributed by atoms with van der Waals surface area (Å²) in [4.78, 5) is 2.51. The number of nitrogens with one attached hydrogen (secondary N) is 1. The minimum atomic E-state index is 0.542. The molecule has 1 saturated heterocycles. The van der Waals surface area contributed by atoms with Crippen LogP contribution >= 0.6 is 0 Å². The number of benzene rings is 1. The first-order valence-electron chi connectivity index (χ1n) is 6.87. The lowest BCUT2D eigenvalue weighted by Gasteiger charge is -2.20. The van der Waals surface area contributed by atoms with E-state index in [0.717, 1.165) is 18.8 Å². The number of rotatable bonds is 4. The zero-order chi connectivity index (χ0) is 13.8. The van der Waals surface area contributed by atoms with Gasteiger partial charge in [0.05, 0.1) is 5.56 Å². The van der Waals surface area contributed by atoms with Gasteiger partial charge in [0.1, 0.15) is 6.07 Å². The van der Waals surface area contributed by atoms with Crippen LogP contribution in [0.4, 0.5) is 11.4 Å². The van der Waals surface area contributed by atoms with Gasteiger partial charge in [0.2, 0.25) is 0 Å². The molecule has 1 unspecified atom stereocenters. The van der Waals surface area contributed by atoms with Gasteiger partial charge in [-0.1, -0.05) is 0 Å². The minimum absolute atomic E-state index is 0.542. The normalized spacial score (nSPS) is 19.6. The molecule has 2 rings (SSSR count). The van der Waals surface area contributed by atoms with Gasteiger partial charge in [-0.15, -0.1) is 0 Å². The maximum Gasteiger partial charge on any atom is 0.101 e. The van der Waals surface area contributed by atoms with Crippen LogP contribution in [0.3, 0.4) is 0 Å². The standard InChI is InChI=1S/C15H22N4/c1-11(2)19-6-5-12(10-19)9-18-14-3-4-15(17)13(7-14)8-16/h3-4,7,11-12,18H,5-6,9-10,17H2,1-2H3. The maximum absolute atomic E-state index is 8.95. The van der Waals surface area contributed by atoms with E-state index in [0.29, 0.717) is 23.2 Å². The minimum Gasteiger partial charge on any atom is -0.398 e. The lowest BCUT2D eigenvalue weighted by atomic mass is 10.1. The SMILES string of the molecule is CC(C)N1CCC(CNc2ccc(N)c(C#N)c2)C1. The summed E-state index contributed by atoms with van der Waals surface area (Å²) in [5, 5.41) is 12.4. The van der Waals surface area contributed by atoms with Crippen molar-refractivity contribution in [2.45, 2.75) is 26.3 Å². The molecule has 0 bridgehead atoms. The van der Waals surface area contributed by atoms with E-state index >= 15 is 0 Å². The highest BCUT2D eigenvalue weighted by molar-refractivity contribution is 5.61. The molecule has 1 aromatic rings. The molecule has 0 amide bonds.